The average Bonchev–Trinajstić information content (AvgIpc) is 2.18. The fourth-order valence-corrected chi connectivity index (χ4v) is 1.60. The van der Waals surface area contributed by atoms with E-state index in [-0.39, 0.29) is 11.4 Å². The van der Waals surface area contributed by atoms with Gasteiger partial charge in [0.15, 0.2) is 0 Å². The Bertz CT molecular complexity index is 447. The number of hydrogen-bond donors (Lipinski definition) is 1. The van der Waals surface area contributed by atoms with E-state index < -0.39 is 0 Å². The molecule has 0 heterocycles. The maximum Gasteiger partial charge on any atom is 0.244 e. The lowest BCUT2D eigenvalue weighted by Gasteiger charge is -2.18. The zero-order valence-corrected chi connectivity index (χ0v) is 11.6. The van der Waals surface area contributed by atoms with Crippen LogP contribution in [0.15, 0.2) is 24.3 Å². The van der Waals surface area contributed by atoms with Crippen LogP contribution in [0.4, 0.5) is 0 Å². The Hall–Kier alpha value is -0.990. The lowest BCUT2D eigenvalue weighted by atomic mass is 10.1. The molecule has 2 nitrogen and oxygen atoms in total. The number of nitrogens with one attached hydrogen (secondary N) is 1. The molecule has 0 aliphatic carbocycles. The highest BCUT2D eigenvalue weighted by Crippen LogP contribution is 2.26. The summed E-state index contributed by atoms with van der Waals surface area (Å²) >= 11 is 11.9. The van der Waals surface area contributed by atoms with Gasteiger partial charge in [-0.25, -0.2) is 0 Å². The van der Waals surface area contributed by atoms with Crippen LogP contribution in [0.5, 0.6) is 0 Å². The molecule has 1 amide bonds. The molecule has 1 rings (SSSR count). The fraction of sp³-hybridized carbons (Fsp3) is 0.308. The molecule has 0 aliphatic heterocycles. The number of halogens is 2. The van der Waals surface area contributed by atoms with E-state index in [2.05, 4.69) is 5.32 Å². The van der Waals surface area contributed by atoms with Gasteiger partial charge < -0.3 is 5.32 Å². The molecular formula is C13H15Cl2NO. The molecule has 1 N–H and O–H groups in total. The molecule has 4 heteroatoms. The molecule has 0 atom stereocenters. The van der Waals surface area contributed by atoms with E-state index in [1.54, 1.807) is 24.3 Å². The third-order valence-electron chi connectivity index (χ3n) is 1.89. The van der Waals surface area contributed by atoms with Gasteiger partial charge in [-0.05, 0) is 38.5 Å². The van der Waals surface area contributed by atoms with Crippen molar-refractivity contribution in [1.82, 2.24) is 5.32 Å². The second-order valence-corrected chi connectivity index (χ2v) is 5.50. The second kappa shape index (κ2) is 5.56. The molecule has 1 aromatic rings. The maximum absolute atomic E-state index is 11.6. The number of hydrogen-bond acceptors (Lipinski definition) is 1. The molecular weight excluding hydrogens is 257 g/mol. The van der Waals surface area contributed by atoms with Crippen molar-refractivity contribution in [2.75, 3.05) is 0 Å². The maximum atomic E-state index is 11.6. The van der Waals surface area contributed by atoms with Gasteiger partial charge in [-0.2, -0.15) is 0 Å². The smallest absolute Gasteiger partial charge is 0.244 e. The first-order valence-corrected chi connectivity index (χ1v) is 5.99. The van der Waals surface area contributed by atoms with E-state index in [0.29, 0.717) is 10.0 Å². The van der Waals surface area contributed by atoms with Gasteiger partial charge in [0.25, 0.3) is 0 Å². The summed E-state index contributed by atoms with van der Waals surface area (Å²) in [5.74, 6) is -0.159. The first-order chi connectivity index (χ1) is 7.79. The van der Waals surface area contributed by atoms with Crippen LogP contribution in [0, 0.1) is 0 Å². The largest absolute Gasteiger partial charge is 0.348 e. The normalized spacial score (nSPS) is 11.8. The molecule has 0 spiro atoms. The topological polar surface area (TPSA) is 29.1 Å². The van der Waals surface area contributed by atoms with Crippen molar-refractivity contribution in [3.63, 3.8) is 0 Å². The SMILES string of the molecule is CC(C)(C)NC(=O)/C=C/c1cccc(Cl)c1Cl. The van der Waals surface area contributed by atoms with Gasteiger partial charge in [0.05, 0.1) is 10.0 Å². The summed E-state index contributed by atoms with van der Waals surface area (Å²) in [5, 5.41) is 3.75. The summed E-state index contributed by atoms with van der Waals surface area (Å²) in [6, 6.07) is 5.29. The number of carbonyl (C=O) groups is 1. The first-order valence-electron chi connectivity index (χ1n) is 5.24. The molecule has 0 saturated heterocycles. The van der Waals surface area contributed by atoms with Gasteiger partial charge in [-0.1, -0.05) is 35.3 Å². The lowest BCUT2D eigenvalue weighted by Crippen LogP contribution is -2.39. The predicted molar refractivity (Wildman–Crippen MR) is 73.4 cm³/mol. The summed E-state index contributed by atoms with van der Waals surface area (Å²) < 4.78 is 0. The average molecular weight is 272 g/mol. The van der Waals surface area contributed by atoms with E-state index in [1.807, 2.05) is 20.8 Å². The Labute approximate surface area is 112 Å². The van der Waals surface area contributed by atoms with Crippen LogP contribution in [0.2, 0.25) is 10.0 Å². The molecule has 0 aliphatic rings. The molecule has 0 fully saturated rings. The van der Waals surface area contributed by atoms with Crippen molar-refractivity contribution >= 4 is 35.2 Å². The van der Waals surface area contributed by atoms with Crippen LogP contribution < -0.4 is 5.32 Å². The van der Waals surface area contributed by atoms with Gasteiger partial charge in [0.1, 0.15) is 0 Å². The predicted octanol–water partition coefficient (Wildman–Crippen LogP) is 3.92. The number of rotatable bonds is 2. The van der Waals surface area contributed by atoms with Gasteiger partial charge >= 0.3 is 0 Å². The van der Waals surface area contributed by atoms with E-state index in [0.717, 1.165) is 5.56 Å². The van der Waals surface area contributed by atoms with E-state index in [1.165, 1.54) is 6.08 Å². The Morgan fingerprint density at radius 3 is 2.53 bits per heavy atom. The summed E-state index contributed by atoms with van der Waals surface area (Å²) in [4.78, 5) is 11.6. The van der Waals surface area contributed by atoms with Crippen LogP contribution in [0.3, 0.4) is 0 Å². The van der Waals surface area contributed by atoms with Crippen molar-refractivity contribution < 1.29 is 4.79 Å². The molecule has 0 radical (unpaired) electrons. The van der Waals surface area contributed by atoms with Crippen molar-refractivity contribution in [2.24, 2.45) is 0 Å². The summed E-state index contributed by atoms with van der Waals surface area (Å²) in [6.45, 7) is 5.77. The number of carbonyl (C=O) groups excluding carboxylic acids is 1. The highest BCUT2D eigenvalue weighted by molar-refractivity contribution is 6.42. The Morgan fingerprint density at radius 1 is 1.29 bits per heavy atom. The lowest BCUT2D eigenvalue weighted by molar-refractivity contribution is -0.117. The third-order valence-corrected chi connectivity index (χ3v) is 2.73. The minimum atomic E-state index is -0.250. The van der Waals surface area contributed by atoms with Gasteiger partial charge in [-0.15, -0.1) is 0 Å². The summed E-state index contributed by atoms with van der Waals surface area (Å²) in [5.41, 5.74) is 0.475. The van der Waals surface area contributed by atoms with Crippen LogP contribution in [0.1, 0.15) is 26.3 Å². The Balaban J connectivity index is 2.78. The van der Waals surface area contributed by atoms with Crippen molar-refractivity contribution in [1.29, 1.82) is 0 Å². The zero-order chi connectivity index (χ0) is 13.1. The first kappa shape index (κ1) is 14.1. The highest BCUT2D eigenvalue weighted by Gasteiger charge is 2.11. The quantitative estimate of drug-likeness (QED) is 0.812. The van der Waals surface area contributed by atoms with Crippen molar-refractivity contribution in [3.8, 4) is 0 Å². The van der Waals surface area contributed by atoms with Gasteiger partial charge in [0.2, 0.25) is 5.91 Å². The minimum absolute atomic E-state index is 0.159. The molecule has 1 aromatic carbocycles. The van der Waals surface area contributed by atoms with Crippen LogP contribution in [0.25, 0.3) is 6.08 Å². The molecule has 0 unspecified atom stereocenters. The Kier molecular flexibility index (Phi) is 4.61. The van der Waals surface area contributed by atoms with Crippen molar-refractivity contribution in [3.05, 3.63) is 39.9 Å². The molecule has 17 heavy (non-hydrogen) atoms. The van der Waals surface area contributed by atoms with E-state index in [4.69, 9.17) is 23.2 Å². The summed E-state index contributed by atoms with van der Waals surface area (Å²) in [6.07, 6.45) is 3.10. The molecule has 0 bridgehead atoms. The Morgan fingerprint density at radius 2 is 1.94 bits per heavy atom. The van der Waals surface area contributed by atoms with E-state index >= 15 is 0 Å². The van der Waals surface area contributed by atoms with Gasteiger partial charge in [-0.3, -0.25) is 4.79 Å². The monoisotopic (exact) mass is 271 g/mol. The standard InChI is InChI=1S/C13H15Cl2NO/c1-13(2,3)16-11(17)8-7-9-5-4-6-10(14)12(9)15/h4-8H,1-3H3,(H,16,17)/b8-7+. The second-order valence-electron chi connectivity index (χ2n) is 4.72. The van der Waals surface area contributed by atoms with Crippen LogP contribution in [-0.4, -0.2) is 11.4 Å². The minimum Gasteiger partial charge on any atom is -0.348 e. The summed E-state index contributed by atoms with van der Waals surface area (Å²) in [7, 11) is 0. The van der Waals surface area contributed by atoms with Gasteiger partial charge in [0, 0.05) is 11.6 Å². The zero-order valence-electron chi connectivity index (χ0n) is 10.1. The third kappa shape index (κ3) is 4.80. The van der Waals surface area contributed by atoms with Crippen molar-refractivity contribution in [2.45, 2.75) is 26.3 Å². The number of benzene rings is 1. The molecule has 0 aromatic heterocycles. The van der Waals surface area contributed by atoms with Crippen LogP contribution in [-0.2, 0) is 4.79 Å². The fourth-order valence-electron chi connectivity index (χ4n) is 1.23. The number of amides is 1. The highest BCUT2D eigenvalue weighted by atomic mass is 35.5. The molecule has 0 saturated carbocycles. The van der Waals surface area contributed by atoms with E-state index in [9.17, 15) is 4.79 Å². The molecule has 92 valence electrons. The van der Waals surface area contributed by atoms with Crippen LogP contribution >= 0.6 is 23.2 Å².